The monoisotopic (exact) mass is 486 g/mol. The molecular weight excluding hydrogens is 456 g/mol. The minimum Gasteiger partial charge on any atom is -0.497 e. The third-order valence-corrected chi connectivity index (χ3v) is 6.67. The molecule has 0 saturated carbocycles. The Hall–Kier alpha value is -4.13. The molecule has 2 atom stereocenters. The maximum absolute atomic E-state index is 13.9. The summed E-state index contributed by atoms with van der Waals surface area (Å²) in [6, 6.07) is 23.5. The Morgan fingerprint density at radius 1 is 0.917 bits per heavy atom. The zero-order valence-corrected chi connectivity index (χ0v) is 20.7. The summed E-state index contributed by atoms with van der Waals surface area (Å²) >= 11 is 0. The molecular formula is C29H30N2O5. The van der Waals surface area contributed by atoms with Gasteiger partial charge in [-0.3, -0.25) is 19.3 Å². The lowest BCUT2D eigenvalue weighted by Gasteiger charge is -2.28. The number of carbonyl (C=O) groups is 3. The summed E-state index contributed by atoms with van der Waals surface area (Å²) in [6.45, 7) is 1.96. The fourth-order valence-electron chi connectivity index (χ4n) is 4.70. The Bertz CT molecular complexity index is 1220. The summed E-state index contributed by atoms with van der Waals surface area (Å²) in [5, 5.41) is 2.91. The summed E-state index contributed by atoms with van der Waals surface area (Å²) < 4.78 is 10.6. The van der Waals surface area contributed by atoms with Crippen LogP contribution in [0, 0.1) is 5.41 Å². The van der Waals surface area contributed by atoms with Gasteiger partial charge in [0, 0.05) is 12.6 Å². The summed E-state index contributed by atoms with van der Waals surface area (Å²) in [5.41, 5.74) is 0.857. The molecule has 3 aromatic rings. The number of rotatable bonds is 9. The average Bonchev–Trinajstić information content (AvgIpc) is 3.17. The highest BCUT2D eigenvalue weighted by Gasteiger charge is 2.57. The van der Waals surface area contributed by atoms with Gasteiger partial charge in [-0.1, -0.05) is 60.7 Å². The van der Waals surface area contributed by atoms with Crippen LogP contribution in [0.15, 0.2) is 78.9 Å². The van der Waals surface area contributed by atoms with E-state index in [1.807, 2.05) is 67.6 Å². The van der Waals surface area contributed by atoms with Crippen LogP contribution in [-0.4, -0.2) is 36.8 Å². The van der Waals surface area contributed by atoms with Crippen molar-refractivity contribution in [3.05, 3.63) is 95.6 Å². The highest BCUT2D eigenvalue weighted by molar-refractivity contribution is 6.17. The van der Waals surface area contributed by atoms with E-state index < -0.39 is 23.3 Å². The van der Waals surface area contributed by atoms with E-state index in [4.69, 9.17) is 9.47 Å². The van der Waals surface area contributed by atoms with Crippen LogP contribution >= 0.6 is 0 Å². The van der Waals surface area contributed by atoms with Gasteiger partial charge in [-0.05, 0) is 42.2 Å². The Kier molecular flexibility index (Phi) is 7.38. The molecule has 1 aliphatic rings. The molecule has 1 heterocycles. The van der Waals surface area contributed by atoms with E-state index in [1.165, 1.54) is 4.90 Å². The summed E-state index contributed by atoms with van der Waals surface area (Å²) in [6.07, 6.45) is -0.0607. The second-order valence-corrected chi connectivity index (χ2v) is 8.98. The van der Waals surface area contributed by atoms with Crippen molar-refractivity contribution in [1.29, 1.82) is 0 Å². The van der Waals surface area contributed by atoms with Crippen LogP contribution in [-0.2, 0) is 27.3 Å². The Labute approximate surface area is 211 Å². The van der Waals surface area contributed by atoms with Gasteiger partial charge in [0.25, 0.3) is 0 Å². The highest BCUT2D eigenvalue weighted by atomic mass is 16.5. The van der Waals surface area contributed by atoms with Gasteiger partial charge in [-0.15, -0.1) is 0 Å². The first-order valence-electron chi connectivity index (χ1n) is 11.8. The normalized spacial score (nSPS) is 18.1. The van der Waals surface area contributed by atoms with E-state index in [0.717, 1.165) is 16.7 Å². The molecule has 7 nitrogen and oxygen atoms in total. The van der Waals surface area contributed by atoms with E-state index in [9.17, 15) is 14.4 Å². The Balaban J connectivity index is 1.64. The molecule has 1 unspecified atom stereocenters. The quantitative estimate of drug-likeness (QED) is 0.364. The fourth-order valence-corrected chi connectivity index (χ4v) is 4.70. The van der Waals surface area contributed by atoms with Crippen LogP contribution in [0.3, 0.4) is 0 Å². The summed E-state index contributed by atoms with van der Waals surface area (Å²) in [4.78, 5) is 42.1. The molecule has 0 spiro atoms. The lowest BCUT2D eigenvalue weighted by molar-refractivity contribution is -0.148. The largest absolute Gasteiger partial charge is 0.497 e. The number of carbonyl (C=O) groups excluding carboxylic acids is 3. The topological polar surface area (TPSA) is 84.9 Å². The zero-order valence-electron chi connectivity index (χ0n) is 20.7. The second kappa shape index (κ2) is 10.6. The van der Waals surface area contributed by atoms with Crippen molar-refractivity contribution >= 4 is 17.7 Å². The van der Waals surface area contributed by atoms with Gasteiger partial charge in [-0.2, -0.15) is 0 Å². The molecule has 1 saturated heterocycles. The summed E-state index contributed by atoms with van der Waals surface area (Å²) in [7, 11) is 3.11. The number of nitrogens with zero attached hydrogens (tertiary/aromatic N) is 1. The van der Waals surface area contributed by atoms with Gasteiger partial charge < -0.3 is 14.8 Å². The van der Waals surface area contributed by atoms with E-state index in [1.54, 1.807) is 32.4 Å². The molecule has 0 radical (unpaired) electrons. The smallest absolute Gasteiger partial charge is 0.246 e. The van der Waals surface area contributed by atoms with Crippen molar-refractivity contribution < 1.29 is 23.9 Å². The second-order valence-electron chi connectivity index (χ2n) is 8.98. The number of amides is 3. The van der Waals surface area contributed by atoms with Crippen LogP contribution < -0.4 is 14.8 Å². The van der Waals surface area contributed by atoms with E-state index in [-0.39, 0.29) is 25.3 Å². The third-order valence-electron chi connectivity index (χ3n) is 6.67. The number of hydrogen-bond donors (Lipinski definition) is 1. The van der Waals surface area contributed by atoms with Gasteiger partial charge in [-0.25, -0.2) is 0 Å². The van der Waals surface area contributed by atoms with Crippen molar-refractivity contribution in [3.63, 3.8) is 0 Å². The predicted octanol–water partition coefficient (Wildman–Crippen LogP) is 4.07. The minimum absolute atomic E-state index is 0.129. The SMILES string of the molecule is COc1cc(CNC(=O)C2(Cc3ccccc3)CC(=O)N([C@H](C)c3ccccc3)C2=O)cc(OC)c1. The van der Waals surface area contributed by atoms with Crippen molar-refractivity contribution in [1.82, 2.24) is 10.2 Å². The minimum atomic E-state index is -1.54. The van der Waals surface area contributed by atoms with E-state index in [2.05, 4.69) is 5.32 Å². The van der Waals surface area contributed by atoms with Crippen LogP contribution in [0.2, 0.25) is 0 Å². The number of methoxy groups -OCH3 is 2. The average molecular weight is 487 g/mol. The molecule has 1 aliphatic heterocycles. The number of ether oxygens (including phenoxy) is 2. The van der Waals surface area contributed by atoms with Crippen LogP contribution in [0.4, 0.5) is 0 Å². The Morgan fingerprint density at radius 2 is 1.50 bits per heavy atom. The van der Waals surface area contributed by atoms with E-state index in [0.29, 0.717) is 11.5 Å². The van der Waals surface area contributed by atoms with Crippen molar-refractivity contribution in [3.8, 4) is 11.5 Å². The maximum atomic E-state index is 13.9. The molecule has 36 heavy (non-hydrogen) atoms. The molecule has 7 heteroatoms. The van der Waals surface area contributed by atoms with Crippen LogP contribution in [0.5, 0.6) is 11.5 Å². The third kappa shape index (κ3) is 4.96. The predicted molar refractivity (Wildman–Crippen MR) is 135 cm³/mol. The maximum Gasteiger partial charge on any atom is 0.246 e. The first kappa shape index (κ1) is 25.0. The number of likely N-dealkylation sites (tertiary alicyclic amines) is 1. The Morgan fingerprint density at radius 3 is 2.08 bits per heavy atom. The first-order valence-corrected chi connectivity index (χ1v) is 11.8. The van der Waals surface area contributed by atoms with Crippen LogP contribution in [0.25, 0.3) is 0 Å². The molecule has 0 aromatic heterocycles. The lowest BCUT2D eigenvalue weighted by atomic mass is 9.78. The molecule has 1 N–H and O–H groups in total. The number of imide groups is 1. The molecule has 0 bridgehead atoms. The molecule has 3 aromatic carbocycles. The molecule has 3 amide bonds. The lowest BCUT2D eigenvalue weighted by Crippen LogP contribution is -2.48. The van der Waals surface area contributed by atoms with Gasteiger partial charge in [0.15, 0.2) is 0 Å². The number of nitrogens with one attached hydrogen (secondary N) is 1. The molecule has 186 valence electrons. The van der Waals surface area contributed by atoms with E-state index >= 15 is 0 Å². The van der Waals surface area contributed by atoms with Crippen molar-refractivity contribution in [2.75, 3.05) is 14.2 Å². The summed E-state index contributed by atoms with van der Waals surface area (Å²) in [5.74, 6) is -0.131. The standard InChI is InChI=1S/C29H30N2O5/c1-20(23-12-8-5-9-13-23)31-26(32)18-29(28(31)34,17-21-10-6-4-7-11-21)27(33)30-19-22-14-24(35-2)16-25(15-22)36-3/h4-16,20H,17-19H2,1-3H3,(H,30,33)/t20-,29?/m1/s1. The molecule has 0 aliphatic carbocycles. The van der Waals surface area contributed by atoms with Crippen molar-refractivity contribution in [2.24, 2.45) is 5.41 Å². The first-order chi connectivity index (χ1) is 17.4. The van der Waals surface area contributed by atoms with Gasteiger partial charge >= 0.3 is 0 Å². The van der Waals surface area contributed by atoms with Crippen molar-refractivity contribution in [2.45, 2.75) is 32.4 Å². The van der Waals surface area contributed by atoms with Gasteiger partial charge in [0.05, 0.1) is 26.7 Å². The highest BCUT2D eigenvalue weighted by Crippen LogP contribution is 2.41. The number of hydrogen-bond acceptors (Lipinski definition) is 5. The molecule has 1 fully saturated rings. The fraction of sp³-hybridized carbons (Fsp3) is 0.276. The van der Waals surface area contributed by atoms with Gasteiger partial charge in [0.1, 0.15) is 16.9 Å². The zero-order chi connectivity index (χ0) is 25.7. The number of benzene rings is 3. The van der Waals surface area contributed by atoms with Crippen LogP contribution in [0.1, 0.15) is 36.1 Å². The molecule has 4 rings (SSSR count). The van der Waals surface area contributed by atoms with Gasteiger partial charge in [0.2, 0.25) is 17.7 Å².